The molecule has 4 nitrogen and oxygen atoms in total. The molecule has 0 aromatic rings. The zero-order chi connectivity index (χ0) is 15.5. The van der Waals surface area contributed by atoms with Gasteiger partial charge in [0.1, 0.15) is 0 Å². The van der Waals surface area contributed by atoms with E-state index in [2.05, 4.69) is 23.4 Å². The number of likely N-dealkylation sites (N-methyl/N-ethyl adjacent to an activating group) is 1. The van der Waals surface area contributed by atoms with Gasteiger partial charge in [0.05, 0.1) is 5.92 Å². The third-order valence-electron chi connectivity index (χ3n) is 3.31. The van der Waals surface area contributed by atoms with Gasteiger partial charge in [0.2, 0.25) is 0 Å². The molecule has 1 atom stereocenters. The van der Waals surface area contributed by atoms with E-state index in [9.17, 15) is 4.79 Å². The van der Waals surface area contributed by atoms with Gasteiger partial charge in [0, 0.05) is 18.5 Å². The Morgan fingerprint density at radius 1 is 1.45 bits per heavy atom. The molecule has 0 bridgehead atoms. The first-order valence-electron chi connectivity index (χ1n) is 7.24. The molecule has 4 heteroatoms. The predicted molar refractivity (Wildman–Crippen MR) is 85.2 cm³/mol. The fourth-order valence-electron chi connectivity index (χ4n) is 1.85. The molecule has 0 aliphatic heterocycles. The molecule has 0 aliphatic carbocycles. The maximum absolute atomic E-state index is 11.0. The summed E-state index contributed by atoms with van der Waals surface area (Å²) < 4.78 is 0. The van der Waals surface area contributed by atoms with Crippen LogP contribution in [0.15, 0.2) is 28.9 Å². The summed E-state index contributed by atoms with van der Waals surface area (Å²) in [5.41, 5.74) is 1.91. The van der Waals surface area contributed by atoms with Crippen molar-refractivity contribution in [2.75, 3.05) is 19.6 Å². The van der Waals surface area contributed by atoms with Crippen molar-refractivity contribution in [3.63, 3.8) is 0 Å². The lowest BCUT2D eigenvalue weighted by Gasteiger charge is -2.22. The molecule has 0 spiro atoms. The molecular weight excluding hydrogens is 252 g/mol. The first kappa shape index (κ1) is 18.6. The second-order valence-electron chi connectivity index (χ2n) is 4.96. The molecule has 0 heterocycles. The lowest BCUT2D eigenvalue weighted by molar-refractivity contribution is -0.142. The van der Waals surface area contributed by atoms with Gasteiger partial charge >= 0.3 is 5.97 Å². The molecule has 0 radical (unpaired) electrons. The summed E-state index contributed by atoms with van der Waals surface area (Å²) in [6, 6.07) is 0. The van der Waals surface area contributed by atoms with E-state index in [-0.39, 0.29) is 5.92 Å². The van der Waals surface area contributed by atoms with E-state index >= 15 is 0 Å². The van der Waals surface area contributed by atoms with Crippen LogP contribution in [0.1, 0.15) is 40.5 Å². The van der Waals surface area contributed by atoms with Gasteiger partial charge < -0.3 is 5.11 Å². The molecule has 20 heavy (non-hydrogen) atoms. The van der Waals surface area contributed by atoms with Gasteiger partial charge in [-0.25, -0.2) is 0 Å². The highest BCUT2D eigenvalue weighted by atomic mass is 16.4. The van der Waals surface area contributed by atoms with Crippen LogP contribution in [0.25, 0.3) is 0 Å². The number of aliphatic imine (C=N–C) groups is 1. The van der Waals surface area contributed by atoms with Crippen molar-refractivity contribution >= 4 is 12.2 Å². The summed E-state index contributed by atoms with van der Waals surface area (Å²) in [4.78, 5) is 17.5. The number of rotatable bonds is 10. The molecule has 1 N–H and O–H groups in total. The largest absolute Gasteiger partial charge is 0.481 e. The summed E-state index contributed by atoms with van der Waals surface area (Å²) in [6.07, 6.45) is 5.23. The Hall–Kier alpha value is -1.42. The Labute approximate surface area is 122 Å². The van der Waals surface area contributed by atoms with E-state index in [1.807, 2.05) is 33.1 Å². The van der Waals surface area contributed by atoms with E-state index in [0.717, 1.165) is 30.9 Å². The number of carboxylic acid groups (broad SMARTS) is 1. The summed E-state index contributed by atoms with van der Waals surface area (Å²) in [5, 5.41) is 9.07. The van der Waals surface area contributed by atoms with Crippen LogP contribution >= 0.6 is 0 Å². The number of hydrogen-bond acceptors (Lipinski definition) is 3. The maximum Gasteiger partial charge on any atom is 0.306 e. The fourth-order valence-corrected chi connectivity index (χ4v) is 1.85. The molecule has 0 aromatic carbocycles. The van der Waals surface area contributed by atoms with Crippen molar-refractivity contribution < 1.29 is 9.90 Å². The van der Waals surface area contributed by atoms with Crippen molar-refractivity contribution in [2.45, 2.75) is 40.5 Å². The average molecular weight is 280 g/mol. The monoisotopic (exact) mass is 280 g/mol. The summed E-state index contributed by atoms with van der Waals surface area (Å²) in [6.45, 7) is 14.1. The van der Waals surface area contributed by atoms with E-state index in [1.54, 1.807) is 0 Å². The van der Waals surface area contributed by atoms with Crippen LogP contribution in [0.5, 0.6) is 0 Å². The number of carboxylic acids is 1. The maximum atomic E-state index is 11.0. The topological polar surface area (TPSA) is 52.9 Å². The molecule has 0 aromatic heterocycles. The SMILES string of the molecule is C=C(C)N=C/C(=C\C)CN(CC)CCC(CC)C(=O)O. The average Bonchev–Trinajstić information content (AvgIpc) is 2.41. The van der Waals surface area contributed by atoms with Crippen molar-refractivity contribution in [2.24, 2.45) is 10.9 Å². The highest BCUT2D eigenvalue weighted by Gasteiger charge is 2.16. The van der Waals surface area contributed by atoms with Crippen LogP contribution in [0.4, 0.5) is 0 Å². The third kappa shape index (κ3) is 7.89. The second-order valence-corrected chi connectivity index (χ2v) is 4.96. The zero-order valence-corrected chi connectivity index (χ0v) is 13.2. The number of allylic oxidation sites excluding steroid dienone is 2. The lowest BCUT2D eigenvalue weighted by atomic mass is 10.0. The minimum atomic E-state index is -0.696. The number of aliphatic carboxylic acids is 1. The van der Waals surface area contributed by atoms with Crippen molar-refractivity contribution in [3.05, 3.63) is 23.9 Å². The van der Waals surface area contributed by atoms with Gasteiger partial charge in [-0.2, -0.15) is 0 Å². The minimum Gasteiger partial charge on any atom is -0.481 e. The van der Waals surface area contributed by atoms with Crippen LogP contribution < -0.4 is 0 Å². The van der Waals surface area contributed by atoms with Gasteiger partial charge in [-0.15, -0.1) is 0 Å². The Kier molecular flexibility index (Phi) is 9.64. The zero-order valence-electron chi connectivity index (χ0n) is 13.2. The normalized spacial score (nSPS) is 13.9. The minimum absolute atomic E-state index is 0.248. The van der Waals surface area contributed by atoms with E-state index in [1.165, 1.54) is 0 Å². The van der Waals surface area contributed by atoms with E-state index < -0.39 is 5.97 Å². The quantitative estimate of drug-likeness (QED) is 0.624. The fraction of sp³-hybridized carbons (Fsp3) is 0.625. The highest BCUT2D eigenvalue weighted by molar-refractivity contribution is 5.79. The Morgan fingerprint density at radius 2 is 2.10 bits per heavy atom. The summed E-state index contributed by atoms with van der Waals surface area (Å²) >= 11 is 0. The molecule has 0 fully saturated rings. The smallest absolute Gasteiger partial charge is 0.306 e. The van der Waals surface area contributed by atoms with E-state index in [4.69, 9.17) is 5.11 Å². The molecule has 0 amide bonds. The van der Waals surface area contributed by atoms with Crippen LogP contribution in [0.2, 0.25) is 0 Å². The van der Waals surface area contributed by atoms with Gasteiger partial charge in [-0.05, 0) is 45.4 Å². The molecule has 114 valence electrons. The van der Waals surface area contributed by atoms with Gasteiger partial charge in [0.25, 0.3) is 0 Å². The number of carbonyl (C=O) groups is 1. The molecule has 0 aliphatic rings. The Morgan fingerprint density at radius 3 is 2.50 bits per heavy atom. The van der Waals surface area contributed by atoms with Gasteiger partial charge in [-0.1, -0.05) is 26.5 Å². The van der Waals surface area contributed by atoms with Gasteiger partial charge in [0.15, 0.2) is 0 Å². The summed E-state index contributed by atoms with van der Waals surface area (Å²) in [5.74, 6) is -0.944. The van der Waals surface area contributed by atoms with Crippen molar-refractivity contribution in [3.8, 4) is 0 Å². The molecule has 0 saturated heterocycles. The number of nitrogens with zero attached hydrogens (tertiary/aromatic N) is 2. The highest BCUT2D eigenvalue weighted by Crippen LogP contribution is 2.10. The number of hydrogen-bond donors (Lipinski definition) is 1. The van der Waals surface area contributed by atoms with Crippen molar-refractivity contribution in [1.29, 1.82) is 0 Å². The lowest BCUT2D eigenvalue weighted by Crippen LogP contribution is -2.30. The van der Waals surface area contributed by atoms with E-state index in [0.29, 0.717) is 12.8 Å². The predicted octanol–water partition coefficient (Wildman–Crippen LogP) is 3.36. The van der Waals surface area contributed by atoms with Crippen LogP contribution in [-0.4, -0.2) is 41.8 Å². The first-order chi connectivity index (χ1) is 9.44. The molecule has 0 saturated carbocycles. The first-order valence-corrected chi connectivity index (χ1v) is 7.24. The summed E-state index contributed by atoms with van der Waals surface area (Å²) in [7, 11) is 0. The molecule has 1 unspecified atom stereocenters. The van der Waals surface area contributed by atoms with Crippen LogP contribution in [0.3, 0.4) is 0 Å². The second kappa shape index (κ2) is 10.4. The Bertz CT molecular complexity index is 373. The molecule has 0 rings (SSSR count). The third-order valence-corrected chi connectivity index (χ3v) is 3.31. The van der Waals surface area contributed by atoms with Crippen molar-refractivity contribution in [1.82, 2.24) is 4.90 Å². The standard InChI is InChI=1S/C16H28N2O2/c1-6-14(11-17-13(4)5)12-18(8-3)10-9-15(7-2)16(19)20/h6,11,15H,4,7-10,12H2,1-3,5H3,(H,19,20)/b14-6+,17-11?. The van der Waals surface area contributed by atoms with Crippen LogP contribution in [-0.2, 0) is 4.79 Å². The van der Waals surface area contributed by atoms with Crippen LogP contribution in [0, 0.1) is 5.92 Å². The molecular formula is C16H28N2O2. The Balaban J connectivity index is 4.46. The van der Waals surface area contributed by atoms with Gasteiger partial charge in [-0.3, -0.25) is 14.7 Å².